The Morgan fingerprint density at radius 3 is 2.55 bits per heavy atom. The van der Waals surface area contributed by atoms with Gasteiger partial charge in [-0.1, -0.05) is 0 Å². The lowest BCUT2D eigenvalue weighted by molar-refractivity contribution is 0.234. The molecule has 6 heteroatoms. The SMILES string of the molecule is CC(C)(C)NC(=O)NNc1ncccc1-n1cccc1. The summed E-state index contributed by atoms with van der Waals surface area (Å²) in [5, 5.41) is 2.80. The highest BCUT2D eigenvalue weighted by molar-refractivity contribution is 5.76. The normalized spacial score (nSPS) is 10.9. The van der Waals surface area contributed by atoms with Crippen LogP contribution in [0.25, 0.3) is 5.69 Å². The molecule has 20 heavy (non-hydrogen) atoms. The van der Waals surface area contributed by atoms with Gasteiger partial charge in [0.2, 0.25) is 0 Å². The Morgan fingerprint density at radius 2 is 1.90 bits per heavy atom. The average molecular weight is 273 g/mol. The van der Waals surface area contributed by atoms with Gasteiger partial charge in [-0.3, -0.25) is 10.9 Å². The molecule has 3 N–H and O–H groups in total. The van der Waals surface area contributed by atoms with Gasteiger partial charge in [0.25, 0.3) is 0 Å². The Morgan fingerprint density at radius 1 is 1.20 bits per heavy atom. The minimum atomic E-state index is -0.304. The van der Waals surface area contributed by atoms with Crippen molar-refractivity contribution >= 4 is 11.8 Å². The fraction of sp³-hybridized carbons (Fsp3) is 0.286. The summed E-state index contributed by atoms with van der Waals surface area (Å²) in [6.07, 6.45) is 5.49. The number of nitrogens with one attached hydrogen (secondary N) is 3. The topological polar surface area (TPSA) is 71.0 Å². The molecule has 2 amide bonds. The summed E-state index contributed by atoms with van der Waals surface area (Å²) in [6.45, 7) is 5.75. The van der Waals surface area contributed by atoms with Crippen LogP contribution in [-0.4, -0.2) is 21.1 Å². The monoisotopic (exact) mass is 273 g/mol. The van der Waals surface area contributed by atoms with E-state index in [4.69, 9.17) is 0 Å². The van der Waals surface area contributed by atoms with Crippen LogP contribution < -0.4 is 16.2 Å². The molecule has 0 bridgehead atoms. The molecule has 0 spiro atoms. The summed E-state index contributed by atoms with van der Waals surface area (Å²) >= 11 is 0. The lowest BCUT2D eigenvalue weighted by Gasteiger charge is -2.21. The molecule has 2 aromatic rings. The summed E-state index contributed by atoms with van der Waals surface area (Å²) in [5.74, 6) is 0.577. The van der Waals surface area contributed by atoms with E-state index in [2.05, 4.69) is 21.2 Å². The number of amides is 2. The summed E-state index contributed by atoms with van der Waals surface area (Å²) in [6, 6.07) is 7.31. The third-order valence-electron chi connectivity index (χ3n) is 2.45. The third kappa shape index (κ3) is 3.74. The molecule has 0 radical (unpaired) electrons. The van der Waals surface area contributed by atoms with Gasteiger partial charge in [-0.25, -0.2) is 9.78 Å². The third-order valence-corrected chi connectivity index (χ3v) is 2.45. The second-order valence-electron chi connectivity index (χ2n) is 5.42. The molecule has 6 nitrogen and oxygen atoms in total. The number of rotatable bonds is 3. The smallest absolute Gasteiger partial charge is 0.332 e. The van der Waals surface area contributed by atoms with E-state index >= 15 is 0 Å². The van der Waals surface area contributed by atoms with E-state index < -0.39 is 0 Å². The minimum Gasteiger partial charge on any atom is -0.332 e. The molecule has 0 saturated carbocycles. The van der Waals surface area contributed by atoms with Gasteiger partial charge < -0.3 is 9.88 Å². The van der Waals surface area contributed by atoms with Crippen LogP contribution in [0.3, 0.4) is 0 Å². The molecule has 0 saturated heterocycles. The number of anilines is 1. The van der Waals surface area contributed by atoms with Crippen LogP contribution in [0, 0.1) is 0 Å². The Bertz CT molecular complexity index is 572. The molecule has 0 atom stereocenters. The average Bonchev–Trinajstić information content (AvgIpc) is 2.88. The van der Waals surface area contributed by atoms with Gasteiger partial charge in [0.05, 0.1) is 5.69 Å². The molecule has 0 aliphatic carbocycles. The zero-order valence-corrected chi connectivity index (χ0v) is 11.8. The lowest BCUT2D eigenvalue weighted by atomic mass is 10.1. The summed E-state index contributed by atoms with van der Waals surface area (Å²) in [4.78, 5) is 15.9. The number of nitrogens with zero attached hydrogens (tertiary/aromatic N) is 2. The summed E-state index contributed by atoms with van der Waals surface area (Å²) in [5.41, 5.74) is 5.97. The summed E-state index contributed by atoms with van der Waals surface area (Å²) in [7, 11) is 0. The Hall–Kier alpha value is -2.50. The highest BCUT2D eigenvalue weighted by Crippen LogP contribution is 2.16. The van der Waals surface area contributed by atoms with Crippen LogP contribution in [0.4, 0.5) is 10.6 Å². The quantitative estimate of drug-likeness (QED) is 0.751. The number of urea groups is 1. The number of hydrogen-bond donors (Lipinski definition) is 3. The van der Waals surface area contributed by atoms with Crippen LogP contribution >= 0.6 is 0 Å². The Kier molecular flexibility index (Phi) is 3.93. The zero-order valence-electron chi connectivity index (χ0n) is 11.8. The van der Waals surface area contributed by atoms with Crippen molar-refractivity contribution in [3.8, 4) is 5.69 Å². The molecule has 2 aromatic heterocycles. The van der Waals surface area contributed by atoms with Crippen LogP contribution in [0.15, 0.2) is 42.9 Å². The predicted molar refractivity (Wildman–Crippen MR) is 78.6 cm³/mol. The highest BCUT2D eigenvalue weighted by Gasteiger charge is 2.13. The standard InChI is InChI=1S/C14H19N5O/c1-14(2,3)16-13(20)18-17-12-11(7-6-8-15-12)19-9-4-5-10-19/h4-10H,1-3H3,(H,15,17)(H2,16,18,20). The van der Waals surface area contributed by atoms with E-state index in [1.807, 2.05) is 62.0 Å². The number of hydrogen-bond acceptors (Lipinski definition) is 3. The van der Waals surface area contributed by atoms with Gasteiger partial charge in [0.1, 0.15) is 0 Å². The fourth-order valence-electron chi connectivity index (χ4n) is 1.68. The van der Waals surface area contributed by atoms with Crippen molar-refractivity contribution in [1.82, 2.24) is 20.3 Å². The number of carbonyl (C=O) groups excluding carboxylic acids is 1. The van der Waals surface area contributed by atoms with E-state index in [0.29, 0.717) is 5.82 Å². The van der Waals surface area contributed by atoms with Crippen molar-refractivity contribution in [3.63, 3.8) is 0 Å². The maximum absolute atomic E-state index is 11.7. The Balaban J connectivity index is 2.06. The highest BCUT2D eigenvalue weighted by atomic mass is 16.2. The van der Waals surface area contributed by atoms with Crippen LogP contribution in [0.5, 0.6) is 0 Å². The number of pyridine rings is 1. The van der Waals surface area contributed by atoms with Gasteiger partial charge in [-0.15, -0.1) is 0 Å². The molecule has 0 aromatic carbocycles. The van der Waals surface area contributed by atoms with Crippen molar-refractivity contribution in [2.45, 2.75) is 26.3 Å². The second-order valence-corrected chi connectivity index (χ2v) is 5.42. The molecular formula is C14H19N5O. The maximum atomic E-state index is 11.7. The molecule has 2 rings (SSSR count). The van der Waals surface area contributed by atoms with E-state index in [0.717, 1.165) is 5.69 Å². The molecule has 0 fully saturated rings. The van der Waals surface area contributed by atoms with Crippen molar-refractivity contribution in [3.05, 3.63) is 42.9 Å². The first-order valence-corrected chi connectivity index (χ1v) is 6.38. The van der Waals surface area contributed by atoms with Crippen molar-refractivity contribution in [2.75, 3.05) is 5.43 Å². The molecule has 106 valence electrons. The van der Waals surface area contributed by atoms with Gasteiger partial charge in [0, 0.05) is 24.1 Å². The molecule has 0 unspecified atom stereocenters. The number of aromatic nitrogens is 2. The molecular weight excluding hydrogens is 254 g/mol. The van der Waals surface area contributed by atoms with Gasteiger partial charge >= 0.3 is 6.03 Å². The van der Waals surface area contributed by atoms with Crippen LogP contribution in [0.1, 0.15) is 20.8 Å². The van der Waals surface area contributed by atoms with Crippen molar-refractivity contribution < 1.29 is 4.79 Å². The lowest BCUT2D eigenvalue weighted by Crippen LogP contribution is -2.48. The van der Waals surface area contributed by atoms with E-state index in [1.54, 1.807) is 6.20 Å². The first-order chi connectivity index (χ1) is 9.46. The van der Waals surface area contributed by atoms with E-state index in [-0.39, 0.29) is 11.6 Å². The first kappa shape index (κ1) is 13.9. The number of carbonyl (C=O) groups is 1. The summed E-state index contributed by atoms with van der Waals surface area (Å²) < 4.78 is 1.92. The second kappa shape index (κ2) is 5.64. The maximum Gasteiger partial charge on any atom is 0.333 e. The van der Waals surface area contributed by atoms with Crippen molar-refractivity contribution in [2.24, 2.45) is 0 Å². The van der Waals surface area contributed by atoms with Gasteiger partial charge in [0.15, 0.2) is 5.82 Å². The molecule has 0 aliphatic rings. The Labute approximate surface area is 118 Å². The van der Waals surface area contributed by atoms with Crippen LogP contribution in [0.2, 0.25) is 0 Å². The van der Waals surface area contributed by atoms with Crippen LogP contribution in [-0.2, 0) is 0 Å². The predicted octanol–water partition coefficient (Wildman–Crippen LogP) is 2.30. The largest absolute Gasteiger partial charge is 0.333 e. The zero-order chi connectivity index (χ0) is 14.6. The van der Waals surface area contributed by atoms with E-state index in [1.165, 1.54) is 0 Å². The van der Waals surface area contributed by atoms with Gasteiger partial charge in [-0.2, -0.15) is 0 Å². The molecule has 2 heterocycles. The fourth-order valence-corrected chi connectivity index (χ4v) is 1.68. The van der Waals surface area contributed by atoms with Gasteiger partial charge in [-0.05, 0) is 45.0 Å². The number of hydrazine groups is 1. The minimum absolute atomic E-state index is 0.293. The van der Waals surface area contributed by atoms with Crippen molar-refractivity contribution in [1.29, 1.82) is 0 Å². The first-order valence-electron chi connectivity index (χ1n) is 6.38. The van der Waals surface area contributed by atoms with E-state index in [9.17, 15) is 4.79 Å². The molecule has 0 aliphatic heterocycles.